The van der Waals surface area contributed by atoms with Crippen molar-refractivity contribution in [2.75, 3.05) is 6.54 Å². The number of aromatic nitrogens is 1. The average molecular weight is 264 g/mol. The maximum atomic E-state index is 12.6. The number of nitrogens with zero attached hydrogens (tertiary/aromatic N) is 1. The molecule has 0 aliphatic carbocycles. The van der Waals surface area contributed by atoms with Crippen LogP contribution in [0.3, 0.4) is 0 Å². The zero-order chi connectivity index (χ0) is 14.6. The maximum absolute atomic E-state index is 12.6. The third kappa shape index (κ3) is 4.20. The molecule has 0 fully saturated rings. The predicted octanol–water partition coefficient (Wildman–Crippen LogP) is 2.91. The van der Waals surface area contributed by atoms with Crippen LogP contribution in [0.25, 0.3) is 0 Å². The Balaban J connectivity index is 3.28. The second-order valence-electron chi connectivity index (χ2n) is 6.58. The quantitative estimate of drug-likeness (QED) is 0.887. The molecule has 0 saturated heterocycles. The molecule has 0 radical (unpaired) electrons. The van der Waals surface area contributed by atoms with Gasteiger partial charge in [-0.1, -0.05) is 47.6 Å². The van der Waals surface area contributed by atoms with Gasteiger partial charge in [0.2, 0.25) is 0 Å². The van der Waals surface area contributed by atoms with Crippen molar-refractivity contribution in [1.82, 2.24) is 9.88 Å². The van der Waals surface area contributed by atoms with E-state index in [9.17, 15) is 4.79 Å². The molecular weight excluding hydrogens is 236 g/mol. The second-order valence-corrected chi connectivity index (χ2v) is 6.58. The molecule has 1 N–H and O–H groups in total. The van der Waals surface area contributed by atoms with Gasteiger partial charge >= 0.3 is 0 Å². The van der Waals surface area contributed by atoms with Gasteiger partial charge in [-0.25, -0.2) is 0 Å². The Morgan fingerprint density at radius 2 is 1.89 bits per heavy atom. The van der Waals surface area contributed by atoms with Crippen LogP contribution in [-0.4, -0.2) is 11.1 Å². The SMILES string of the molecule is CCNCc1ccc(C(C)(C)C)n(CC(C)C)c1=O. The Morgan fingerprint density at radius 1 is 1.26 bits per heavy atom. The van der Waals surface area contributed by atoms with Gasteiger partial charge in [-0.15, -0.1) is 0 Å². The van der Waals surface area contributed by atoms with E-state index in [1.165, 1.54) is 0 Å². The average Bonchev–Trinajstić information content (AvgIpc) is 2.28. The van der Waals surface area contributed by atoms with E-state index < -0.39 is 0 Å². The van der Waals surface area contributed by atoms with Gasteiger partial charge in [-0.3, -0.25) is 4.79 Å². The van der Waals surface area contributed by atoms with Crippen LogP contribution in [0.15, 0.2) is 16.9 Å². The summed E-state index contributed by atoms with van der Waals surface area (Å²) in [4.78, 5) is 12.6. The lowest BCUT2D eigenvalue weighted by Crippen LogP contribution is -2.34. The number of nitrogens with one attached hydrogen (secondary N) is 1. The van der Waals surface area contributed by atoms with E-state index in [0.717, 1.165) is 24.3 Å². The van der Waals surface area contributed by atoms with Crippen LogP contribution < -0.4 is 10.9 Å². The van der Waals surface area contributed by atoms with Crippen LogP contribution in [0.5, 0.6) is 0 Å². The Morgan fingerprint density at radius 3 is 2.37 bits per heavy atom. The highest BCUT2D eigenvalue weighted by Crippen LogP contribution is 2.21. The highest BCUT2D eigenvalue weighted by Gasteiger charge is 2.20. The molecule has 1 aromatic rings. The number of hydrogen-bond acceptors (Lipinski definition) is 2. The molecule has 3 heteroatoms. The van der Waals surface area contributed by atoms with Crippen LogP contribution in [0, 0.1) is 5.92 Å². The summed E-state index contributed by atoms with van der Waals surface area (Å²) in [5, 5.41) is 3.23. The largest absolute Gasteiger partial charge is 0.313 e. The summed E-state index contributed by atoms with van der Waals surface area (Å²) < 4.78 is 1.96. The molecule has 0 saturated carbocycles. The van der Waals surface area contributed by atoms with E-state index in [1.54, 1.807) is 0 Å². The summed E-state index contributed by atoms with van der Waals surface area (Å²) in [6, 6.07) is 4.08. The van der Waals surface area contributed by atoms with Crippen LogP contribution >= 0.6 is 0 Å². The monoisotopic (exact) mass is 264 g/mol. The van der Waals surface area contributed by atoms with Crippen molar-refractivity contribution in [3.63, 3.8) is 0 Å². The van der Waals surface area contributed by atoms with Crippen molar-refractivity contribution in [3.8, 4) is 0 Å². The van der Waals surface area contributed by atoms with Gasteiger partial charge in [0.15, 0.2) is 0 Å². The Bertz CT molecular complexity index is 467. The topological polar surface area (TPSA) is 34.0 Å². The molecule has 0 atom stereocenters. The minimum Gasteiger partial charge on any atom is -0.313 e. The van der Waals surface area contributed by atoms with Crippen molar-refractivity contribution in [3.05, 3.63) is 33.7 Å². The Kier molecular flexibility index (Phi) is 5.36. The van der Waals surface area contributed by atoms with Gasteiger partial charge in [0, 0.05) is 29.8 Å². The molecule has 3 nitrogen and oxygen atoms in total. The first-order valence-electron chi connectivity index (χ1n) is 7.21. The fourth-order valence-electron chi connectivity index (χ4n) is 2.22. The zero-order valence-electron chi connectivity index (χ0n) is 13.2. The molecule has 1 heterocycles. The van der Waals surface area contributed by atoms with Gasteiger partial charge in [0.1, 0.15) is 0 Å². The number of hydrogen-bond donors (Lipinski definition) is 1. The number of pyridine rings is 1. The van der Waals surface area contributed by atoms with E-state index in [2.05, 4.69) is 52.9 Å². The molecule has 0 unspecified atom stereocenters. The van der Waals surface area contributed by atoms with Crippen molar-refractivity contribution in [2.45, 2.75) is 60.0 Å². The van der Waals surface area contributed by atoms with Crippen LogP contribution in [-0.2, 0) is 18.5 Å². The molecule has 19 heavy (non-hydrogen) atoms. The molecule has 0 aromatic carbocycles. The van der Waals surface area contributed by atoms with Gasteiger partial charge in [0.25, 0.3) is 5.56 Å². The Labute approximate surface area is 117 Å². The predicted molar refractivity (Wildman–Crippen MR) is 81.6 cm³/mol. The minimum atomic E-state index is -0.00916. The van der Waals surface area contributed by atoms with Gasteiger partial charge < -0.3 is 9.88 Å². The second kappa shape index (κ2) is 6.38. The normalized spacial score (nSPS) is 12.2. The molecule has 0 amide bonds. The van der Waals surface area contributed by atoms with Crippen molar-refractivity contribution < 1.29 is 0 Å². The summed E-state index contributed by atoms with van der Waals surface area (Å²) in [6.45, 7) is 15.1. The van der Waals surface area contributed by atoms with Gasteiger partial charge in [-0.05, 0) is 18.5 Å². The zero-order valence-corrected chi connectivity index (χ0v) is 13.2. The summed E-state index contributed by atoms with van der Waals surface area (Å²) in [5.74, 6) is 0.466. The lowest BCUT2D eigenvalue weighted by atomic mass is 9.90. The fraction of sp³-hybridized carbons (Fsp3) is 0.688. The highest BCUT2D eigenvalue weighted by atomic mass is 16.1. The summed E-state index contributed by atoms with van der Waals surface area (Å²) in [5.41, 5.74) is 2.12. The maximum Gasteiger partial charge on any atom is 0.255 e. The smallest absolute Gasteiger partial charge is 0.255 e. The van der Waals surface area contributed by atoms with E-state index in [4.69, 9.17) is 0 Å². The summed E-state index contributed by atoms with van der Waals surface area (Å²) in [7, 11) is 0. The van der Waals surface area contributed by atoms with E-state index in [0.29, 0.717) is 12.5 Å². The first kappa shape index (κ1) is 16.0. The summed E-state index contributed by atoms with van der Waals surface area (Å²) in [6.07, 6.45) is 0. The van der Waals surface area contributed by atoms with E-state index in [-0.39, 0.29) is 11.0 Å². The molecule has 1 rings (SSSR count). The fourth-order valence-corrected chi connectivity index (χ4v) is 2.22. The number of rotatable bonds is 5. The van der Waals surface area contributed by atoms with E-state index in [1.807, 2.05) is 10.6 Å². The van der Waals surface area contributed by atoms with Crippen molar-refractivity contribution >= 4 is 0 Å². The first-order chi connectivity index (χ1) is 8.77. The van der Waals surface area contributed by atoms with E-state index >= 15 is 0 Å². The molecule has 0 spiro atoms. The molecule has 0 aliphatic rings. The van der Waals surface area contributed by atoms with Crippen LogP contribution in [0.1, 0.15) is 52.8 Å². The first-order valence-corrected chi connectivity index (χ1v) is 7.21. The van der Waals surface area contributed by atoms with Crippen molar-refractivity contribution in [2.24, 2.45) is 5.92 Å². The van der Waals surface area contributed by atoms with Crippen molar-refractivity contribution in [1.29, 1.82) is 0 Å². The molecular formula is C16H28N2O. The van der Waals surface area contributed by atoms with Crippen LogP contribution in [0.4, 0.5) is 0 Å². The minimum absolute atomic E-state index is 0.00916. The standard InChI is InChI=1S/C16H28N2O/c1-7-17-10-13-8-9-14(16(4,5)6)18(15(13)19)11-12(2)3/h8-9,12,17H,7,10-11H2,1-6H3. The Hall–Kier alpha value is -1.09. The third-order valence-corrected chi connectivity index (χ3v) is 3.13. The van der Waals surface area contributed by atoms with Gasteiger partial charge in [-0.2, -0.15) is 0 Å². The highest BCUT2D eigenvalue weighted by molar-refractivity contribution is 5.21. The lowest BCUT2D eigenvalue weighted by Gasteiger charge is -2.26. The lowest BCUT2D eigenvalue weighted by molar-refractivity contribution is 0.444. The summed E-state index contributed by atoms with van der Waals surface area (Å²) >= 11 is 0. The molecule has 0 bridgehead atoms. The third-order valence-electron chi connectivity index (χ3n) is 3.13. The van der Waals surface area contributed by atoms with Gasteiger partial charge in [0.05, 0.1) is 0 Å². The molecule has 1 aromatic heterocycles. The van der Waals surface area contributed by atoms with Crippen LogP contribution in [0.2, 0.25) is 0 Å². The molecule has 108 valence electrons. The molecule has 0 aliphatic heterocycles.